The minimum absolute atomic E-state index is 0. The van der Waals surface area contributed by atoms with Gasteiger partial charge >= 0.3 is 17.1 Å². The molecular weight excluding hydrogens is 610 g/mol. The van der Waals surface area contributed by atoms with Gasteiger partial charge in [-0.1, -0.05) is 17.9 Å². The van der Waals surface area contributed by atoms with Crippen LogP contribution in [0.2, 0.25) is 0 Å². The van der Waals surface area contributed by atoms with E-state index in [0.717, 1.165) is 17.6 Å². The number of aromatic carboxylic acids is 1. The van der Waals surface area contributed by atoms with Crippen molar-refractivity contribution in [3.05, 3.63) is 77.5 Å². The number of carboxylic acid groups (broad SMARTS) is 1. The molecule has 2 aromatic rings. The fourth-order valence-electron chi connectivity index (χ4n) is 5.13. The van der Waals surface area contributed by atoms with Crippen molar-refractivity contribution in [2.24, 2.45) is 0 Å². The number of anilines is 1. The molecule has 221 valence electrons. The van der Waals surface area contributed by atoms with Gasteiger partial charge in [-0.05, 0) is 51.0 Å². The molecule has 2 aromatic heterocycles. The minimum atomic E-state index is -1.73. The number of pyridine rings is 3. The third-order valence-corrected chi connectivity index (χ3v) is 6.95. The zero-order valence-corrected chi connectivity index (χ0v) is 24.6. The monoisotopic (exact) mass is 637 g/mol. The van der Waals surface area contributed by atoms with Gasteiger partial charge in [0.25, 0.3) is 0 Å². The summed E-state index contributed by atoms with van der Waals surface area (Å²) in [6.45, 7) is 4.47. The molecule has 2 aliphatic carbocycles. The van der Waals surface area contributed by atoms with Crippen LogP contribution in [0.1, 0.15) is 43.1 Å². The summed E-state index contributed by atoms with van der Waals surface area (Å²) in [5.74, 6) is -4.90. The van der Waals surface area contributed by atoms with Crippen LogP contribution in [-0.2, 0) is 17.1 Å². The Kier molecular flexibility index (Phi) is 10.7. The van der Waals surface area contributed by atoms with E-state index in [4.69, 9.17) is 5.41 Å². The molecule has 1 radical (unpaired) electrons. The molecule has 1 saturated carbocycles. The van der Waals surface area contributed by atoms with Gasteiger partial charge in [0.2, 0.25) is 0 Å². The summed E-state index contributed by atoms with van der Waals surface area (Å²) in [7, 11) is 0. The van der Waals surface area contributed by atoms with Gasteiger partial charge in [0.05, 0.1) is 23.1 Å². The predicted octanol–water partition coefficient (Wildman–Crippen LogP) is -0.546. The van der Waals surface area contributed by atoms with Crippen LogP contribution in [-0.4, -0.2) is 45.7 Å². The van der Waals surface area contributed by atoms with Gasteiger partial charge in [-0.2, -0.15) is 0 Å². The first-order valence-corrected chi connectivity index (χ1v) is 13.0. The molecular formula is C29H28ClF2FeN6O3. The topological polar surface area (TPSA) is 133 Å². The second-order valence-corrected chi connectivity index (χ2v) is 10.2. The first-order chi connectivity index (χ1) is 19.2. The fraction of sp³-hybridized carbons (Fsp3) is 0.310. The summed E-state index contributed by atoms with van der Waals surface area (Å²) in [6.07, 6.45) is 5.97. The fourth-order valence-corrected chi connectivity index (χ4v) is 5.13. The van der Waals surface area contributed by atoms with Crippen LogP contribution >= 0.6 is 0 Å². The van der Waals surface area contributed by atoms with E-state index in [2.05, 4.69) is 15.3 Å². The maximum atomic E-state index is 15.6. The number of hydrogen-bond acceptors (Lipinski definition) is 8. The molecule has 0 unspecified atom stereocenters. The minimum Gasteiger partial charge on any atom is -1.00 e. The molecule has 42 heavy (non-hydrogen) atoms. The van der Waals surface area contributed by atoms with Crippen LogP contribution in [0.3, 0.4) is 0 Å². The molecule has 6 rings (SSSR count). The first kappa shape index (κ1) is 32.9. The first-order valence-electron chi connectivity index (χ1n) is 13.0. The zero-order valence-electron chi connectivity index (χ0n) is 22.8. The zero-order chi connectivity index (χ0) is 28.6. The molecule has 0 spiro atoms. The van der Waals surface area contributed by atoms with Gasteiger partial charge < -0.3 is 42.2 Å². The number of aromatic nitrogens is 3. The molecule has 9 nitrogen and oxygen atoms in total. The van der Waals surface area contributed by atoms with Crippen molar-refractivity contribution in [2.45, 2.75) is 44.8 Å². The number of fused-ring (bicyclic) bond motifs is 1. The normalized spacial score (nSPS) is 17.9. The second-order valence-electron chi connectivity index (χ2n) is 10.2. The number of nitrogens with zero attached hydrogens (tertiary/aromatic N) is 4. The van der Waals surface area contributed by atoms with Crippen molar-refractivity contribution < 1.29 is 53.3 Å². The number of piperazine rings is 1. The number of carboxylic acids is 1. The molecule has 0 bridgehead atoms. The quantitative estimate of drug-likeness (QED) is 0.287. The Hall–Kier alpha value is -3.57. The third kappa shape index (κ3) is 6.57. The Labute approximate surface area is 258 Å². The maximum absolute atomic E-state index is 15.6. The van der Waals surface area contributed by atoms with Crippen molar-refractivity contribution in [2.75, 3.05) is 18.0 Å². The average molecular weight is 638 g/mol. The number of hydrogen-bond donors (Lipinski definition) is 2. The van der Waals surface area contributed by atoms with Gasteiger partial charge in [-0.3, -0.25) is 15.4 Å². The summed E-state index contributed by atoms with van der Waals surface area (Å²) >= 11 is 0. The van der Waals surface area contributed by atoms with E-state index in [1.807, 2.05) is 50.2 Å². The van der Waals surface area contributed by atoms with Crippen molar-refractivity contribution in [3.63, 3.8) is 0 Å². The Morgan fingerprint density at radius 1 is 1.00 bits per heavy atom. The molecule has 2 N–H and O–H groups in total. The van der Waals surface area contributed by atoms with E-state index in [1.165, 1.54) is 4.57 Å². The average Bonchev–Trinajstić information content (AvgIpc) is 3.78. The summed E-state index contributed by atoms with van der Waals surface area (Å²) in [4.78, 5) is 21.3. The van der Waals surface area contributed by atoms with E-state index < -0.39 is 39.8 Å². The van der Waals surface area contributed by atoms with Gasteiger partial charge in [0.15, 0.2) is 11.6 Å². The number of rotatable bonds is 4. The Bertz CT molecular complexity index is 1530. The van der Waals surface area contributed by atoms with Crippen LogP contribution in [0, 0.1) is 17.0 Å². The van der Waals surface area contributed by atoms with E-state index in [0.29, 0.717) is 25.9 Å². The standard InChI is InChI=1S/C19H22F2N4O3.C10H8N2.ClH.Fe/c1-8-5-24(6-9(2)23-8)17-13(20)15(22)12-16(14(17)21)25(10-3-4-10)7-11(18(12)26)19(27)28;1-3-7-11-9(5-1)10-6-2-4-8-12-10;;/h7-10,22-23,26H,3-6H2,1-2H3,(H,27,28);1-8H;1H;/q;;;+3/p-3/t8-,9+;;;. The number of carbonyl (C=O) groups is 1. The van der Waals surface area contributed by atoms with Crippen LogP contribution < -0.4 is 38.2 Å². The van der Waals surface area contributed by atoms with Crippen LogP contribution in [0.15, 0.2) is 55.0 Å². The van der Waals surface area contributed by atoms with E-state index in [-0.39, 0.29) is 59.0 Å². The summed E-state index contributed by atoms with van der Waals surface area (Å²) in [5.41, 5.74) is 0.0362. The number of benzene rings is 1. The molecule has 13 heteroatoms. The van der Waals surface area contributed by atoms with E-state index >= 15 is 8.78 Å². The van der Waals surface area contributed by atoms with Gasteiger partial charge in [0, 0.05) is 60.9 Å². The maximum Gasteiger partial charge on any atom is 3.00 e. The number of nitrogens with one attached hydrogen (secondary N) is 2. The second kappa shape index (κ2) is 13.6. The molecule has 2 aliphatic heterocycles. The number of halogens is 3. The summed E-state index contributed by atoms with van der Waals surface area (Å²) in [6, 6.07) is 11.4. The molecule has 1 saturated heterocycles. The summed E-state index contributed by atoms with van der Waals surface area (Å²) < 4.78 is 32.0. The molecule has 4 heterocycles. The van der Waals surface area contributed by atoms with E-state index in [1.54, 1.807) is 17.3 Å². The van der Waals surface area contributed by atoms with Crippen LogP contribution in [0.25, 0.3) is 22.6 Å². The Balaban J connectivity index is 0.000000291. The summed E-state index contributed by atoms with van der Waals surface area (Å²) in [5, 5.41) is 34.6. The smallest absolute Gasteiger partial charge is 1.00 e. The molecule has 0 amide bonds. The van der Waals surface area contributed by atoms with Gasteiger partial charge in [-0.15, -0.1) is 0 Å². The van der Waals surface area contributed by atoms with Crippen LogP contribution in [0.5, 0.6) is 5.75 Å². The van der Waals surface area contributed by atoms with Crippen molar-refractivity contribution in [3.8, 4) is 28.4 Å². The molecule has 2 fully saturated rings. The van der Waals surface area contributed by atoms with Gasteiger partial charge in [0.1, 0.15) is 11.0 Å². The predicted molar refractivity (Wildman–Crippen MR) is 141 cm³/mol. The Morgan fingerprint density at radius 2 is 1.55 bits per heavy atom. The van der Waals surface area contributed by atoms with Crippen molar-refractivity contribution >= 4 is 11.7 Å². The van der Waals surface area contributed by atoms with Crippen molar-refractivity contribution in [1.82, 2.24) is 19.9 Å². The molecule has 2 atom stereocenters. The van der Waals surface area contributed by atoms with Crippen molar-refractivity contribution in [1.29, 1.82) is 5.41 Å². The third-order valence-electron chi connectivity index (χ3n) is 6.95. The van der Waals surface area contributed by atoms with Gasteiger partial charge in [-0.25, -0.2) is 8.78 Å². The van der Waals surface area contributed by atoms with E-state index in [9.17, 15) is 15.0 Å². The molecule has 0 aromatic carbocycles. The molecule has 4 aliphatic rings. The number of carbonyl (C=O) groups excluding carboxylic acids is 1. The SMILES string of the molecule is C[C@@H]1CN(c2c(F)c3n(C4CC4)cc(C(=O)[O-])c([O-])c-3c(=N)c2F)C[C@H](C)N1.[Cl-].[Fe+3].c1ccc(-c2ccccn2)nc1. The largest absolute Gasteiger partial charge is 3.00 e. The Morgan fingerprint density at radius 3 is 2.00 bits per heavy atom. The van der Waals surface area contributed by atoms with Crippen LogP contribution in [0.4, 0.5) is 14.5 Å².